The van der Waals surface area contributed by atoms with Gasteiger partial charge in [-0.1, -0.05) is 185 Å². The number of para-hydroxylation sites is 2. The van der Waals surface area contributed by atoms with E-state index in [-0.39, 0.29) is 10.8 Å². The number of nitrogens with zero attached hydrogens (tertiary/aromatic N) is 2. The highest BCUT2D eigenvalue weighted by Crippen LogP contribution is 2.53. The lowest BCUT2D eigenvalue weighted by Crippen LogP contribution is -2.17. The molecule has 0 unspecified atom stereocenters. The highest BCUT2D eigenvalue weighted by Gasteiger charge is 2.38. The van der Waals surface area contributed by atoms with E-state index in [2.05, 4.69) is 292 Å². The van der Waals surface area contributed by atoms with Crippen molar-refractivity contribution in [2.24, 2.45) is 0 Å². The average Bonchev–Trinajstić information content (AvgIpc) is 3.77. The summed E-state index contributed by atoms with van der Waals surface area (Å²) in [6.45, 7) is 9.41. The number of rotatable bonds is 8. The molecule has 0 atom stereocenters. The lowest BCUT2D eigenvalue weighted by atomic mass is 9.81. The monoisotopic (exact) mass is 896 g/mol. The van der Waals surface area contributed by atoms with Crippen molar-refractivity contribution >= 4 is 34.1 Å². The van der Waals surface area contributed by atoms with E-state index in [9.17, 15) is 0 Å². The highest BCUT2D eigenvalue weighted by atomic mass is 15.1. The van der Waals surface area contributed by atoms with Gasteiger partial charge >= 0.3 is 0 Å². The number of anilines is 6. The summed E-state index contributed by atoms with van der Waals surface area (Å²) < 4.78 is 0. The Morgan fingerprint density at radius 3 is 0.886 bits per heavy atom. The van der Waals surface area contributed by atoms with Crippen LogP contribution in [0.4, 0.5) is 34.1 Å². The molecule has 70 heavy (non-hydrogen) atoms. The van der Waals surface area contributed by atoms with Crippen LogP contribution in [0, 0.1) is 11.8 Å². The Bertz CT molecular complexity index is 3380. The molecule has 2 aliphatic rings. The fourth-order valence-corrected chi connectivity index (χ4v) is 10.9. The van der Waals surface area contributed by atoms with E-state index in [0.717, 1.165) is 45.3 Å². The summed E-state index contributed by atoms with van der Waals surface area (Å²) in [5.74, 6) is 7.19. The fraction of sp³-hybridized carbons (Fsp3) is 0.0882. The molecule has 12 rings (SSSR count). The zero-order chi connectivity index (χ0) is 47.4. The Labute approximate surface area is 412 Å². The summed E-state index contributed by atoms with van der Waals surface area (Å²) in [7, 11) is 0. The minimum atomic E-state index is -0.220. The molecule has 0 amide bonds. The first-order valence-electron chi connectivity index (χ1n) is 24.3. The molecule has 0 aromatic heterocycles. The van der Waals surface area contributed by atoms with Gasteiger partial charge < -0.3 is 9.80 Å². The number of benzene rings is 10. The van der Waals surface area contributed by atoms with Crippen LogP contribution < -0.4 is 9.80 Å². The predicted molar refractivity (Wildman–Crippen MR) is 294 cm³/mol. The molecule has 2 heteroatoms. The summed E-state index contributed by atoms with van der Waals surface area (Å²) in [5, 5.41) is 0. The number of hydrogen-bond donors (Lipinski definition) is 0. The molecule has 0 bridgehead atoms. The third-order valence-electron chi connectivity index (χ3n) is 14.7. The van der Waals surface area contributed by atoms with Crippen LogP contribution in [0.3, 0.4) is 0 Å². The quantitative estimate of drug-likeness (QED) is 0.140. The van der Waals surface area contributed by atoms with Crippen molar-refractivity contribution in [3.05, 3.63) is 276 Å². The van der Waals surface area contributed by atoms with E-state index in [1.807, 2.05) is 0 Å². The topological polar surface area (TPSA) is 6.48 Å². The van der Waals surface area contributed by atoms with Crippen molar-refractivity contribution in [3.63, 3.8) is 0 Å². The highest BCUT2D eigenvalue weighted by molar-refractivity contribution is 5.88. The zero-order valence-corrected chi connectivity index (χ0v) is 40.0. The molecule has 0 saturated carbocycles. The lowest BCUT2D eigenvalue weighted by molar-refractivity contribution is 0.660. The summed E-state index contributed by atoms with van der Waals surface area (Å²) in [6.07, 6.45) is 0. The lowest BCUT2D eigenvalue weighted by Gasteiger charge is -2.28. The van der Waals surface area contributed by atoms with E-state index >= 15 is 0 Å². The second-order valence-electron chi connectivity index (χ2n) is 19.6. The fourth-order valence-electron chi connectivity index (χ4n) is 10.9. The average molecular weight is 897 g/mol. The van der Waals surface area contributed by atoms with Crippen molar-refractivity contribution in [2.75, 3.05) is 9.80 Å². The van der Waals surface area contributed by atoms with Crippen LogP contribution >= 0.6 is 0 Å². The van der Waals surface area contributed by atoms with E-state index in [0.29, 0.717) is 0 Å². The minimum absolute atomic E-state index is 0.220. The van der Waals surface area contributed by atoms with Gasteiger partial charge in [-0.3, -0.25) is 0 Å². The van der Waals surface area contributed by atoms with Crippen molar-refractivity contribution in [1.82, 2.24) is 0 Å². The maximum Gasteiger partial charge on any atom is 0.0465 e. The molecule has 10 aromatic carbocycles. The molecule has 0 radical (unpaired) electrons. The first-order chi connectivity index (χ1) is 34.2. The molecular formula is C68H52N2. The Kier molecular flexibility index (Phi) is 10.5. The van der Waals surface area contributed by atoms with Crippen LogP contribution in [0.25, 0.3) is 44.5 Å². The Hall–Kier alpha value is -8.64. The molecule has 0 heterocycles. The van der Waals surface area contributed by atoms with Crippen LogP contribution in [-0.2, 0) is 10.8 Å². The van der Waals surface area contributed by atoms with Crippen molar-refractivity contribution in [1.29, 1.82) is 0 Å². The van der Waals surface area contributed by atoms with Gasteiger partial charge in [0.25, 0.3) is 0 Å². The van der Waals surface area contributed by atoms with Gasteiger partial charge in [0, 0.05) is 56.1 Å². The van der Waals surface area contributed by atoms with E-state index in [4.69, 9.17) is 0 Å². The second-order valence-corrected chi connectivity index (χ2v) is 19.6. The van der Waals surface area contributed by atoms with Crippen LogP contribution in [0.2, 0.25) is 0 Å². The van der Waals surface area contributed by atoms with Crippen LogP contribution in [0.15, 0.2) is 243 Å². The number of hydrogen-bond acceptors (Lipinski definition) is 2. The molecule has 0 aliphatic heterocycles. The van der Waals surface area contributed by atoms with E-state index < -0.39 is 0 Å². The second kappa shape index (κ2) is 17.2. The summed E-state index contributed by atoms with van der Waals surface area (Å²) in [4.78, 5) is 4.73. The summed E-state index contributed by atoms with van der Waals surface area (Å²) in [6, 6.07) is 87.9. The normalized spacial score (nSPS) is 13.3. The third-order valence-corrected chi connectivity index (χ3v) is 14.7. The molecule has 2 aliphatic carbocycles. The molecule has 0 spiro atoms. The third kappa shape index (κ3) is 7.48. The first-order valence-corrected chi connectivity index (χ1v) is 24.3. The van der Waals surface area contributed by atoms with Gasteiger partial charge in [0.05, 0.1) is 0 Å². The molecule has 0 saturated heterocycles. The predicted octanol–water partition coefficient (Wildman–Crippen LogP) is 18.0. The molecule has 10 aromatic rings. The summed E-state index contributed by atoms with van der Waals surface area (Å²) >= 11 is 0. The standard InChI is InChI=1S/C68H52N2/c1-67(2)63-43-47(27-39-59(63)61-41-37-57(45-65(61)67)69(53-21-13-7-14-22-53)55-33-29-51(30-34-55)49-17-9-5-10-18-49)25-26-48-28-40-60-62-42-38-58(46-66(62)68(3,4)64(60)44-48)70(54-23-15-8-16-24-54)56-35-31-52(32-36-56)50-19-11-6-12-20-50/h5-24,27-46H,1-4H3. The summed E-state index contributed by atoms with van der Waals surface area (Å²) in [5.41, 5.74) is 23.6. The van der Waals surface area contributed by atoms with Crippen LogP contribution in [0.5, 0.6) is 0 Å². The van der Waals surface area contributed by atoms with Gasteiger partial charge in [0.1, 0.15) is 0 Å². The Balaban J connectivity index is 0.825. The van der Waals surface area contributed by atoms with Gasteiger partial charge in [0.15, 0.2) is 0 Å². The molecule has 0 fully saturated rings. The van der Waals surface area contributed by atoms with Gasteiger partial charge in [-0.15, -0.1) is 0 Å². The first kappa shape index (κ1) is 42.7. The van der Waals surface area contributed by atoms with Crippen molar-refractivity contribution in [3.8, 4) is 56.3 Å². The molecular weight excluding hydrogens is 845 g/mol. The Morgan fingerprint density at radius 1 is 0.257 bits per heavy atom. The number of fused-ring (bicyclic) bond motifs is 6. The largest absolute Gasteiger partial charge is 0.310 e. The van der Waals surface area contributed by atoms with Gasteiger partial charge in [-0.05, 0) is 164 Å². The molecule has 2 nitrogen and oxygen atoms in total. The van der Waals surface area contributed by atoms with Gasteiger partial charge in [-0.2, -0.15) is 0 Å². The van der Waals surface area contributed by atoms with Crippen LogP contribution in [-0.4, -0.2) is 0 Å². The van der Waals surface area contributed by atoms with Gasteiger partial charge in [0.2, 0.25) is 0 Å². The van der Waals surface area contributed by atoms with Crippen LogP contribution in [0.1, 0.15) is 61.1 Å². The Morgan fingerprint density at radius 2 is 0.529 bits per heavy atom. The molecule has 0 N–H and O–H groups in total. The maximum absolute atomic E-state index is 3.59. The van der Waals surface area contributed by atoms with Crippen molar-refractivity contribution in [2.45, 2.75) is 38.5 Å². The minimum Gasteiger partial charge on any atom is -0.310 e. The molecule has 334 valence electrons. The zero-order valence-electron chi connectivity index (χ0n) is 40.0. The van der Waals surface area contributed by atoms with Gasteiger partial charge in [-0.25, -0.2) is 0 Å². The smallest absolute Gasteiger partial charge is 0.0465 e. The van der Waals surface area contributed by atoms with E-state index in [1.54, 1.807) is 0 Å². The maximum atomic E-state index is 3.59. The van der Waals surface area contributed by atoms with Crippen molar-refractivity contribution < 1.29 is 0 Å². The SMILES string of the molecule is CC1(C)c2cc(C#Cc3ccc4c(c3)C(C)(C)c3cc(N(c5ccccc5)c5ccc(-c6ccccc6)cc5)ccc3-4)ccc2-c2ccc(N(c3ccccc3)c3ccc(-c4ccccc4)cc3)cc21. The van der Waals surface area contributed by atoms with E-state index in [1.165, 1.54) is 66.8 Å².